The Bertz CT molecular complexity index is 518. The van der Waals surface area contributed by atoms with Crippen LogP contribution in [-0.2, 0) is 0 Å². The number of hydrogen-bond donors (Lipinski definition) is 0. The summed E-state index contributed by atoms with van der Waals surface area (Å²) in [6, 6.07) is 6.35. The zero-order chi connectivity index (χ0) is 14.7. The normalized spacial score (nSPS) is 20.8. The molecule has 0 amide bonds. The van der Waals surface area contributed by atoms with E-state index in [0.29, 0.717) is 18.2 Å². The van der Waals surface area contributed by atoms with Crippen LogP contribution in [0, 0.1) is 10.1 Å². The standard InChI is InChI=1S/C14H19N3O3/c1-11-9-16(7-6-15(11)2)10-14(18)12-4-3-5-13(8-12)17(19)20/h3-5,8,11H,6-7,9-10H2,1-2H3. The summed E-state index contributed by atoms with van der Waals surface area (Å²) in [6.07, 6.45) is 0. The Morgan fingerprint density at radius 1 is 1.45 bits per heavy atom. The minimum absolute atomic E-state index is 0.0393. The molecule has 0 spiro atoms. The van der Waals surface area contributed by atoms with Crippen LogP contribution in [0.3, 0.4) is 0 Å². The fourth-order valence-electron chi connectivity index (χ4n) is 2.35. The number of ketones is 1. The molecule has 1 unspecified atom stereocenters. The molecule has 0 radical (unpaired) electrons. The van der Waals surface area contributed by atoms with Crippen LogP contribution in [0.5, 0.6) is 0 Å². The summed E-state index contributed by atoms with van der Waals surface area (Å²) in [5.41, 5.74) is 0.369. The molecule has 20 heavy (non-hydrogen) atoms. The molecule has 0 aliphatic carbocycles. The van der Waals surface area contributed by atoms with Crippen LogP contribution >= 0.6 is 0 Å². The molecule has 0 bridgehead atoms. The van der Waals surface area contributed by atoms with Gasteiger partial charge in [0, 0.05) is 43.4 Å². The number of Topliss-reactive ketones (excluding diaryl/α,β-unsaturated/α-hetero) is 1. The first-order valence-corrected chi connectivity index (χ1v) is 6.67. The van der Waals surface area contributed by atoms with Gasteiger partial charge in [-0.1, -0.05) is 12.1 Å². The minimum atomic E-state index is -0.477. The van der Waals surface area contributed by atoms with E-state index in [-0.39, 0.29) is 11.5 Å². The highest BCUT2D eigenvalue weighted by Gasteiger charge is 2.23. The van der Waals surface area contributed by atoms with Crippen LogP contribution in [-0.4, -0.2) is 59.8 Å². The fourth-order valence-corrected chi connectivity index (χ4v) is 2.35. The number of hydrogen-bond acceptors (Lipinski definition) is 5. The fraction of sp³-hybridized carbons (Fsp3) is 0.500. The van der Waals surface area contributed by atoms with E-state index in [0.717, 1.165) is 19.6 Å². The lowest BCUT2D eigenvalue weighted by Crippen LogP contribution is -2.51. The van der Waals surface area contributed by atoms with E-state index in [1.54, 1.807) is 12.1 Å². The SMILES string of the molecule is CC1CN(CC(=O)c2cccc([N+](=O)[O-])c2)CCN1C. The summed E-state index contributed by atoms with van der Waals surface area (Å²) in [5, 5.41) is 10.7. The van der Waals surface area contributed by atoms with E-state index in [4.69, 9.17) is 0 Å². The summed E-state index contributed by atoms with van der Waals surface area (Å²) < 4.78 is 0. The van der Waals surface area contributed by atoms with Gasteiger partial charge in [0.2, 0.25) is 0 Å². The van der Waals surface area contributed by atoms with Crippen LogP contribution in [0.15, 0.2) is 24.3 Å². The second kappa shape index (κ2) is 6.11. The maximum atomic E-state index is 12.2. The van der Waals surface area contributed by atoms with Gasteiger partial charge in [-0.2, -0.15) is 0 Å². The average Bonchev–Trinajstić information content (AvgIpc) is 2.43. The predicted molar refractivity (Wildman–Crippen MR) is 76.0 cm³/mol. The number of likely N-dealkylation sites (N-methyl/N-ethyl adjacent to an activating group) is 1. The van der Waals surface area contributed by atoms with Crippen LogP contribution in [0.2, 0.25) is 0 Å². The van der Waals surface area contributed by atoms with Crippen molar-refractivity contribution in [3.8, 4) is 0 Å². The monoisotopic (exact) mass is 277 g/mol. The van der Waals surface area contributed by atoms with Crippen molar-refractivity contribution in [2.75, 3.05) is 33.2 Å². The number of carbonyl (C=O) groups excluding carboxylic acids is 1. The molecule has 6 heteroatoms. The number of piperazine rings is 1. The molecule has 1 aliphatic rings. The number of carbonyl (C=O) groups is 1. The molecule has 1 aromatic carbocycles. The van der Waals surface area contributed by atoms with Gasteiger partial charge in [-0.15, -0.1) is 0 Å². The van der Waals surface area contributed by atoms with Gasteiger partial charge in [0.1, 0.15) is 0 Å². The lowest BCUT2D eigenvalue weighted by Gasteiger charge is -2.37. The predicted octanol–water partition coefficient (Wildman–Crippen LogP) is 1.41. The molecular formula is C14H19N3O3. The zero-order valence-corrected chi connectivity index (χ0v) is 11.8. The van der Waals surface area contributed by atoms with Crippen molar-refractivity contribution in [2.24, 2.45) is 0 Å². The zero-order valence-electron chi connectivity index (χ0n) is 11.8. The van der Waals surface area contributed by atoms with Crippen LogP contribution in [0.4, 0.5) is 5.69 Å². The van der Waals surface area contributed by atoms with Gasteiger partial charge in [0.25, 0.3) is 5.69 Å². The third-order valence-corrected chi connectivity index (χ3v) is 3.79. The maximum Gasteiger partial charge on any atom is 0.270 e. The van der Waals surface area contributed by atoms with E-state index in [9.17, 15) is 14.9 Å². The summed E-state index contributed by atoms with van der Waals surface area (Å²) in [6.45, 7) is 5.07. The molecule has 108 valence electrons. The summed E-state index contributed by atoms with van der Waals surface area (Å²) >= 11 is 0. The Balaban J connectivity index is 2.01. The molecule has 6 nitrogen and oxygen atoms in total. The first-order chi connectivity index (χ1) is 9.47. The Kier molecular flexibility index (Phi) is 4.46. The molecule has 1 aliphatic heterocycles. The van der Waals surface area contributed by atoms with E-state index in [1.807, 2.05) is 0 Å². The molecule has 1 atom stereocenters. The van der Waals surface area contributed by atoms with Crippen molar-refractivity contribution in [2.45, 2.75) is 13.0 Å². The van der Waals surface area contributed by atoms with Crippen LogP contribution < -0.4 is 0 Å². The van der Waals surface area contributed by atoms with E-state index in [2.05, 4.69) is 23.8 Å². The highest BCUT2D eigenvalue weighted by Crippen LogP contribution is 2.15. The molecule has 1 fully saturated rings. The lowest BCUT2D eigenvalue weighted by molar-refractivity contribution is -0.384. The van der Waals surface area contributed by atoms with E-state index < -0.39 is 4.92 Å². The number of non-ortho nitro benzene ring substituents is 1. The highest BCUT2D eigenvalue weighted by molar-refractivity contribution is 5.98. The smallest absolute Gasteiger partial charge is 0.270 e. The topological polar surface area (TPSA) is 66.7 Å². The van der Waals surface area contributed by atoms with Gasteiger partial charge in [-0.25, -0.2) is 0 Å². The Labute approximate surface area is 118 Å². The highest BCUT2D eigenvalue weighted by atomic mass is 16.6. The van der Waals surface area contributed by atoms with E-state index >= 15 is 0 Å². The minimum Gasteiger partial charge on any atom is -0.301 e. The number of nitro benzene ring substituents is 1. The van der Waals surface area contributed by atoms with Gasteiger partial charge in [0.15, 0.2) is 5.78 Å². The first-order valence-electron chi connectivity index (χ1n) is 6.67. The van der Waals surface area contributed by atoms with E-state index in [1.165, 1.54) is 12.1 Å². The number of benzene rings is 1. The number of rotatable bonds is 4. The van der Waals surface area contributed by atoms with Gasteiger partial charge in [-0.3, -0.25) is 19.8 Å². The molecular weight excluding hydrogens is 258 g/mol. The van der Waals surface area contributed by atoms with Crippen LogP contribution in [0.25, 0.3) is 0 Å². The Morgan fingerprint density at radius 2 is 2.20 bits per heavy atom. The maximum absolute atomic E-state index is 12.2. The molecule has 1 heterocycles. The van der Waals surface area contributed by atoms with Crippen molar-refractivity contribution in [1.29, 1.82) is 0 Å². The third kappa shape index (κ3) is 3.40. The summed E-state index contributed by atoms with van der Waals surface area (Å²) in [5.74, 6) is -0.0644. The molecule has 0 N–H and O–H groups in total. The number of nitro groups is 1. The summed E-state index contributed by atoms with van der Waals surface area (Å²) in [4.78, 5) is 26.8. The molecule has 0 aromatic heterocycles. The van der Waals surface area contributed by atoms with Crippen molar-refractivity contribution >= 4 is 11.5 Å². The van der Waals surface area contributed by atoms with Crippen molar-refractivity contribution < 1.29 is 9.72 Å². The molecule has 2 rings (SSSR count). The second-order valence-corrected chi connectivity index (χ2v) is 5.30. The molecule has 1 aromatic rings. The van der Waals surface area contributed by atoms with Crippen molar-refractivity contribution in [3.05, 3.63) is 39.9 Å². The quantitative estimate of drug-likeness (QED) is 0.473. The second-order valence-electron chi connectivity index (χ2n) is 5.30. The number of nitrogens with zero attached hydrogens (tertiary/aromatic N) is 3. The molecule has 1 saturated heterocycles. The van der Waals surface area contributed by atoms with Gasteiger partial charge in [0.05, 0.1) is 11.5 Å². The third-order valence-electron chi connectivity index (χ3n) is 3.79. The van der Waals surface area contributed by atoms with Gasteiger partial charge >= 0.3 is 0 Å². The Hall–Kier alpha value is -1.79. The van der Waals surface area contributed by atoms with Gasteiger partial charge in [-0.05, 0) is 14.0 Å². The summed E-state index contributed by atoms with van der Waals surface area (Å²) in [7, 11) is 2.07. The van der Waals surface area contributed by atoms with Gasteiger partial charge < -0.3 is 4.90 Å². The lowest BCUT2D eigenvalue weighted by atomic mass is 10.1. The van der Waals surface area contributed by atoms with Crippen LogP contribution in [0.1, 0.15) is 17.3 Å². The first kappa shape index (κ1) is 14.6. The van der Waals surface area contributed by atoms with Crippen molar-refractivity contribution in [3.63, 3.8) is 0 Å². The Morgan fingerprint density at radius 3 is 2.85 bits per heavy atom. The molecule has 0 saturated carbocycles. The average molecular weight is 277 g/mol. The van der Waals surface area contributed by atoms with Crippen molar-refractivity contribution in [1.82, 2.24) is 9.80 Å². The largest absolute Gasteiger partial charge is 0.301 e.